The number of sulfone groups is 1. The molecule has 17 heteroatoms. The highest BCUT2D eigenvalue weighted by molar-refractivity contribution is 7.97. The van der Waals surface area contributed by atoms with E-state index in [2.05, 4.69) is 15.4 Å². The molecule has 2 aromatic heterocycles. The van der Waals surface area contributed by atoms with Crippen LogP contribution in [0.5, 0.6) is 0 Å². The Bertz CT molecular complexity index is 1690. The van der Waals surface area contributed by atoms with Crippen molar-refractivity contribution >= 4 is 45.8 Å². The standard InChI is InChI=1S/C24H26ClFN5O8PS/c1-12(13-4-6-14(26)7-5-13)29-18-15(8-27)21(25)30-22-16(18)9-28-31(22)23-20-19(38-24(2,3)39-20)17(37-23)10-41(35,36)11-40(32,33)34/h4-7,9,12,17,19-20,23H,10-11H2,1-3H3,(H,29,30)(H2,32,33,34)/t12-,17+,19+,20+,23+/m0/s1. The molecule has 0 radical (unpaired) electrons. The smallest absolute Gasteiger partial charge is 0.340 e. The zero-order chi connectivity index (χ0) is 29.9. The highest BCUT2D eigenvalue weighted by Gasteiger charge is 2.57. The summed E-state index contributed by atoms with van der Waals surface area (Å²) in [5, 5.41) is 17.7. The van der Waals surface area contributed by atoms with Gasteiger partial charge in [-0.25, -0.2) is 22.5 Å². The van der Waals surface area contributed by atoms with Gasteiger partial charge in [0.2, 0.25) is 0 Å². The van der Waals surface area contributed by atoms with E-state index in [1.54, 1.807) is 26.0 Å². The van der Waals surface area contributed by atoms with E-state index in [0.717, 1.165) is 5.56 Å². The number of benzene rings is 1. The van der Waals surface area contributed by atoms with Gasteiger partial charge in [0.1, 0.15) is 35.8 Å². The average Bonchev–Trinajstić information content (AvgIpc) is 3.49. The Morgan fingerprint density at radius 2 is 1.93 bits per heavy atom. The number of fused-ring (bicyclic) bond motifs is 2. The number of halogens is 2. The third-order valence-electron chi connectivity index (χ3n) is 6.69. The number of ether oxygens (including phenoxy) is 3. The third kappa shape index (κ3) is 6.11. The molecule has 5 rings (SSSR count). The number of aromatic nitrogens is 3. The van der Waals surface area contributed by atoms with Gasteiger partial charge < -0.3 is 29.3 Å². The summed E-state index contributed by atoms with van der Waals surface area (Å²) >= 11 is 6.41. The molecule has 5 atom stereocenters. The van der Waals surface area contributed by atoms with E-state index in [-0.39, 0.29) is 22.4 Å². The number of pyridine rings is 1. The minimum Gasteiger partial charge on any atom is -0.377 e. The van der Waals surface area contributed by atoms with Gasteiger partial charge in [-0.05, 0) is 38.5 Å². The molecule has 0 saturated carbocycles. The Hall–Kier alpha value is -2.67. The number of anilines is 1. The van der Waals surface area contributed by atoms with Crippen molar-refractivity contribution in [1.29, 1.82) is 5.26 Å². The van der Waals surface area contributed by atoms with Gasteiger partial charge in [0, 0.05) is 6.04 Å². The lowest BCUT2D eigenvalue weighted by Gasteiger charge is -2.24. The van der Waals surface area contributed by atoms with Gasteiger partial charge in [-0.15, -0.1) is 0 Å². The van der Waals surface area contributed by atoms with Crippen molar-refractivity contribution in [2.45, 2.75) is 57.1 Å². The molecule has 1 aromatic carbocycles. The molecule has 2 fully saturated rings. The zero-order valence-electron chi connectivity index (χ0n) is 21.9. The van der Waals surface area contributed by atoms with Gasteiger partial charge in [0.05, 0.1) is 23.0 Å². The number of rotatable bonds is 8. The van der Waals surface area contributed by atoms with E-state index >= 15 is 0 Å². The molecule has 0 amide bonds. The molecule has 3 N–H and O–H groups in total. The van der Waals surface area contributed by atoms with Gasteiger partial charge in [-0.3, -0.25) is 4.57 Å². The minimum atomic E-state index is -4.86. The maximum absolute atomic E-state index is 13.4. The first-order valence-electron chi connectivity index (χ1n) is 12.3. The normalized spacial score (nSPS) is 24.7. The predicted molar refractivity (Wildman–Crippen MR) is 144 cm³/mol. The SMILES string of the molecule is C[C@H](Nc1c(C#N)c(Cl)nc2c1cnn2[C@@H]1O[C@H](CS(=O)(=O)CP(=O)(O)O)[C@H]2OC(C)(C)O[C@H]21)c1ccc(F)cc1. The van der Waals surface area contributed by atoms with E-state index in [9.17, 15) is 32.4 Å². The van der Waals surface area contributed by atoms with Crippen molar-refractivity contribution in [1.82, 2.24) is 14.8 Å². The molecule has 220 valence electrons. The summed E-state index contributed by atoms with van der Waals surface area (Å²) in [6.45, 7) is 5.09. The van der Waals surface area contributed by atoms with Gasteiger partial charge in [-0.1, -0.05) is 23.7 Å². The summed E-state index contributed by atoms with van der Waals surface area (Å²) in [5.41, 5.74) is -0.0280. The fourth-order valence-electron chi connectivity index (χ4n) is 5.07. The van der Waals surface area contributed by atoms with Crippen LogP contribution in [0, 0.1) is 17.1 Å². The molecule has 2 saturated heterocycles. The predicted octanol–water partition coefficient (Wildman–Crippen LogP) is 3.24. The molecule has 13 nitrogen and oxygen atoms in total. The van der Waals surface area contributed by atoms with E-state index in [1.165, 1.54) is 23.0 Å². The molecule has 0 spiro atoms. The van der Waals surface area contributed by atoms with Crippen molar-refractivity contribution in [2.24, 2.45) is 0 Å². The van der Waals surface area contributed by atoms with Gasteiger partial charge in [-0.2, -0.15) is 10.4 Å². The number of nitriles is 1. The molecule has 2 aliphatic heterocycles. The van der Waals surface area contributed by atoms with Crippen LogP contribution >= 0.6 is 19.2 Å². The lowest BCUT2D eigenvalue weighted by atomic mass is 10.1. The van der Waals surface area contributed by atoms with Crippen molar-refractivity contribution < 1.29 is 41.4 Å². The Morgan fingerprint density at radius 3 is 2.56 bits per heavy atom. The Labute approximate surface area is 239 Å². The van der Waals surface area contributed by atoms with Crippen LogP contribution in [0.25, 0.3) is 11.0 Å². The van der Waals surface area contributed by atoms with Crippen LogP contribution in [0.15, 0.2) is 30.5 Å². The Morgan fingerprint density at radius 1 is 1.27 bits per heavy atom. The number of hydrogen-bond acceptors (Lipinski definition) is 10. The van der Waals surface area contributed by atoms with E-state index in [4.69, 9.17) is 25.8 Å². The first-order valence-corrected chi connectivity index (χ1v) is 16.3. The molecular formula is C24H26ClFN5O8PS. The van der Waals surface area contributed by atoms with E-state index in [1.807, 2.05) is 13.0 Å². The molecule has 0 bridgehead atoms. The van der Waals surface area contributed by atoms with Crippen LogP contribution < -0.4 is 5.32 Å². The fourth-order valence-corrected chi connectivity index (χ4v) is 8.53. The molecule has 4 heterocycles. The summed E-state index contributed by atoms with van der Waals surface area (Å²) < 4.78 is 69.3. The largest absolute Gasteiger partial charge is 0.377 e. The number of hydrogen-bond donors (Lipinski definition) is 3. The van der Waals surface area contributed by atoms with Crippen LogP contribution in [0.1, 0.15) is 44.2 Å². The quantitative estimate of drug-likeness (QED) is 0.244. The van der Waals surface area contributed by atoms with Crippen LogP contribution in [0.2, 0.25) is 5.15 Å². The average molecular weight is 630 g/mol. The molecule has 0 aliphatic carbocycles. The zero-order valence-corrected chi connectivity index (χ0v) is 24.4. The van der Waals surface area contributed by atoms with Gasteiger partial charge in [0.15, 0.2) is 38.1 Å². The molecule has 3 aromatic rings. The summed E-state index contributed by atoms with van der Waals surface area (Å²) in [6.07, 6.45) is -2.54. The Kier molecular flexibility index (Phi) is 7.67. The summed E-state index contributed by atoms with van der Waals surface area (Å²) in [5.74, 6) is -2.25. The first-order chi connectivity index (χ1) is 19.1. The lowest BCUT2D eigenvalue weighted by Crippen LogP contribution is -2.35. The van der Waals surface area contributed by atoms with Gasteiger partial charge in [0.25, 0.3) is 0 Å². The maximum atomic E-state index is 13.4. The maximum Gasteiger partial charge on any atom is 0.340 e. The second-order valence-corrected chi connectivity index (χ2v) is 14.9. The van der Waals surface area contributed by atoms with Crippen molar-refractivity contribution in [3.8, 4) is 6.07 Å². The highest BCUT2D eigenvalue weighted by Crippen LogP contribution is 2.45. The summed E-state index contributed by atoms with van der Waals surface area (Å²) in [7, 11) is -9.12. The van der Waals surface area contributed by atoms with E-state index < -0.39 is 64.8 Å². The third-order valence-corrected chi connectivity index (χ3v) is 10.7. The number of nitrogens with zero attached hydrogens (tertiary/aromatic N) is 4. The first kappa shape index (κ1) is 29.8. The second kappa shape index (κ2) is 10.6. The summed E-state index contributed by atoms with van der Waals surface area (Å²) in [6, 6.07) is 7.51. The monoisotopic (exact) mass is 629 g/mol. The van der Waals surface area contributed by atoms with Gasteiger partial charge >= 0.3 is 7.60 Å². The lowest BCUT2D eigenvalue weighted by molar-refractivity contribution is -0.195. The minimum absolute atomic E-state index is 0.0564. The van der Waals surface area contributed by atoms with Crippen molar-refractivity contribution in [3.05, 3.63) is 52.6 Å². The molecule has 0 unspecified atom stereocenters. The van der Waals surface area contributed by atoms with Crippen molar-refractivity contribution in [2.75, 3.05) is 16.6 Å². The fraction of sp³-hybridized carbons (Fsp3) is 0.458. The number of nitrogens with one attached hydrogen (secondary N) is 1. The Balaban J connectivity index is 1.53. The van der Waals surface area contributed by atoms with Crippen molar-refractivity contribution in [3.63, 3.8) is 0 Å². The molecule has 2 aliphatic rings. The van der Waals surface area contributed by atoms with Crippen LogP contribution in [0.4, 0.5) is 10.1 Å². The van der Waals surface area contributed by atoms with Crippen LogP contribution in [-0.4, -0.2) is 68.3 Å². The second-order valence-electron chi connectivity index (χ2n) is 10.3. The summed E-state index contributed by atoms with van der Waals surface area (Å²) in [4.78, 5) is 22.8. The van der Waals surface area contributed by atoms with Crippen LogP contribution in [0.3, 0.4) is 0 Å². The molecule has 41 heavy (non-hydrogen) atoms. The molecular weight excluding hydrogens is 604 g/mol. The van der Waals surface area contributed by atoms with E-state index in [0.29, 0.717) is 11.1 Å². The van der Waals surface area contributed by atoms with Crippen LogP contribution in [-0.2, 0) is 28.6 Å². The highest BCUT2D eigenvalue weighted by atomic mass is 35.5. The topological polar surface area (TPSA) is 186 Å².